The first-order valence-electron chi connectivity index (χ1n) is 3.86. The molecule has 1 rings (SSSR count). The number of hydrogen-bond acceptors (Lipinski definition) is 4. The number of nitrogens with one attached hydrogen (secondary N) is 1. The predicted molar refractivity (Wildman–Crippen MR) is 52.9 cm³/mol. The van der Waals surface area contributed by atoms with E-state index in [1.165, 1.54) is 0 Å². The van der Waals surface area contributed by atoms with E-state index in [0.717, 1.165) is 0 Å². The highest BCUT2D eigenvalue weighted by atomic mass is 32.2. The number of sulfonamides is 1. The zero-order valence-corrected chi connectivity index (χ0v) is 8.66. The van der Waals surface area contributed by atoms with E-state index >= 15 is 0 Å². The fourth-order valence-electron chi connectivity index (χ4n) is 1.11. The second-order valence-corrected chi connectivity index (χ2v) is 5.18. The molecule has 0 aromatic rings. The molecule has 1 aliphatic heterocycles. The van der Waals surface area contributed by atoms with Crippen LogP contribution in [0.5, 0.6) is 0 Å². The Morgan fingerprint density at radius 1 is 1.69 bits per heavy atom. The summed E-state index contributed by atoms with van der Waals surface area (Å²) in [4.78, 5) is -0.0218. The standard InChI is InChI=1S/C6H12N2O3S2/c7-6(12)4-13(9,10)8-5-1-2-11-3-5/h5,8H,1-4H2,(H2,7,12). The zero-order valence-electron chi connectivity index (χ0n) is 7.02. The fourth-order valence-corrected chi connectivity index (χ4v) is 2.73. The molecule has 1 saturated heterocycles. The molecule has 1 unspecified atom stereocenters. The van der Waals surface area contributed by atoms with Crippen LogP contribution < -0.4 is 10.5 Å². The minimum atomic E-state index is -3.36. The lowest BCUT2D eigenvalue weighted by Crippen LogP contribution is -2.39. The van der Waals surface area contributed by atoms with Gasteiger partial charge >= 0.3 is 0 Å². The second-order valence-electron chi connectivity index (χ2n) is 2.90. The van der Waals surface area contributed by atoms with E-state index in [4.69, 9.17) is 10.5 Å². The first kappa shape index (κ1) is 10.8. The van der Waals surface area contributed by atoms with Crippen LogP contribution in [0.4, 0.5) is 0 Å². The molecule has 13 heavy (non-hydrogen) atoms. The van der Waals surface area contributed by atoms with Gasteiger partial charge in [0.1, 0.15) is 5.75 Å². The van der Waals surface area contributed by atoms with Gasteiger partial charge in [-0.05, 0) is 6.42 Å². The maximum atomic E-state index is 11.3. The van der Waals surface area contributed by atoms with Crippen LogP contribution in [0.2, 0.25) is 0 Å². The third-order valence-corrected chi connectivity index (χ3v) is 3.32. The molecule has 0 amide bonds. The number of ether oxygens (including phenoxy) is 1. The highest BCUT2D eigenvalue weighted by Crippen LogP contribution is 2.04. The van der Waals surface area contributed by atoms with Crippen molar-refractivity contribution in [2.45, 2.75) is 12.5 Å². The van der Waals surface area contributed by atoms with Gasteiger partial charge in [-0.1, -0.05) is 12.2 Å². The third kappa shape index (κ3) is 3.99. The van der Waals surface area contributed by atoms with Gasteiger partial charge in [0, 0.05) is 12.6 Å². The molecule has 1 atom stereocenters. The molecule has 0 aromatic heterocycles. The van der Waals surface area contributed by atoms with Crippen molar-refractivity contribution in [2.24, 2.45) is 5.73 Å². The average Bonchev–Trinajstić information content (AvgIpc) is 2.34. The van der Waals surface area contributed by atoms with E-state index in [0.29, 0.717) is 19.6 Å². The van der Waals surface area contributed by atoms with Crippen LogP contribution in [0.25, 0.3) is 0 Å². The van der Waals surface area contributed by atoms with Crippen LogP contribution in [0.3, 0.4) is 0 Å². The first-order chi connectivity index (χ1) is 5.99. The molecule has 1 heterocycles. The molecule has 0 bridgehead atoms. The van der Waals surface area contributed by atoms with Crippen molar-refractivity contribution in [3.63, 3.8) is 0 Å². The molecular weight excluding hydrogens is 212 g/mol. The maximum absolute atomic E-state index is 11.3. The average molecular weight is 224 g/mol. The van der Waals surface area contributed by atoms with Gasteiger partial charge in [-0.3, -0.25) is 0 Å². The van der Waals surface area contributed by atoms with E-state index in [-0.39, 0.29) is 16.8 Å². The van der Waals surface area contributed by atoms with Crippen LogP contribution >= 0.6 is 12.2 Å². The summed E-state index contributed by atoms with van der Waals surface area (Å²) in [6.07, 6.45) is 0.705. The van der Waals surface area contributed by atoms with Gasteiger partial charge in [-0.2, -0.15) is 0 Å². The molecule has 1 aliphatic rings. The number of thiocarbonyl (C=S) groups is 1. The van der Waals surface area contributed by atoms with Crippen molar-refractivity contribution in [2.75, 3.05) is 19.0 Å². The molecule has 0 saturated carbocycles. The minimum Gasteiger partial charge on any atom is -0.392 e. The van der Waals surface area contributed by atoms with Crippen molar-refractivity contribution in [1.29, 1.82) is 0 Å². The van der Waals surface area contributed by atoms with Crippen LogP contribution in [0.1, 0.15) is 6.42 Å². The Hall–Kier alpha value is -0.240. The smallest absolute Gasteiger partial charge is 0.218 e. The summed E-state index contributed by atoms with van der Waals surface area (Å²) in [6.45, 7) is 1.02. The highest BCUT2D eigenvalue weighted by Gasteiger charge is 2.22. The van der Waals surface area contributed by atoms with Crippen LogP contribution in [-0.4, -0.2) is 38.4 Å². The lowest BCUT2D eigenvalue weighted by Gasteiger charge is -2.10. The Labute approximate surface area is 82.7 Å². The van der Waals surface area contributed by atoms with Gasteiger partial charge in [0.25, 0.3) is 0 Å². The zero-order chi connectivity index (χ0) is 9.90. The van der Waals surface area contributed by atoms with Crippen LogP contribution in [-0.2, 0) is 14.8 Å². The lowest BCUT2D eigenvalue weighted by atomic mass is 10.3. The van der Waals surface area contributed by atoms with Crippen molar-refractivity contribution < 1.29 is 13.2 Å². The van der Waals surface area contributed by atoms with Gasteiger partial charge in [0.15, 0.2) is 0 Å². The van der Waals surface area contributed by atoms with Gasteiger partial charge in [0.05, 0.1) is 11.6 Å². The quantitative estimate of drug-likeness (QED) is 0.597. The number of rotatable bonds is 4. The van der Waals surface area contributed by atoms with Crippen molar-refractivity contribution in [1.82, 2.24) is 4.72 Å². The summed E-state index contributed by atoms with van der Waals surface area (Å²) < 4.78 is 30.0. The predicted octanol–water partition coefficient (Wildman–Crippen LogP) is -1.02. The second kappa shape index (κ2) is 4.32. The summed E-state index contributed by atoms with van der Waals surface area (Å²) in [5.41, 5.74) is 5.13. The molecule has 76 valence electrons. The molecule has 0 aliphatic carbocycles. The minimum absolute atomic E-state index is 0.0218. The number of hydrogen-bond donors (Lipinski definition) is 2. The van der Waals surface area contributed by atoms with Gasteiger partial charge in [-0.25, -0.2) is 13.1 Å². The molecule has 3 N–H and O–H groups in total. The molecule has 0 aromatic carbocycles. The monoisotopic (exact) mass is 224 g/mol. The van der Waals surface area contributed by atoms with E-state index < -0.39 is 10.0 Å². The van der Waals surface area contributed by atoms with E-state index in [2.05, 4.69) is 16.9 Å². The van der Waals surface area contributed by atoms with Crippen LogP contribution in [0.15, 0.2) is 0 Å². The number of nitrogens with two attached hydrogens (primary N) is 1. The Morgan fingerprint density at radius 3 is 2.85 bits per heavy atom. The Morgan fingerprint density at radius 2 is 2.38 bits per heavy atom. The molecule has 7 heteroatoms. The topological polar surface area (TPSA) is 81.4 Å². The van der Waals surface area contributed by atoms with Crippen molar-refractivity contribution in [3.8, 4) is 0 Å². The summed E-state index contributed by atoms with van der Waals surface area (Å²) in [5, 5.41) is 0. The van der Waals surface area contributed by atoms with Crippen molar-refractivity contribution in [3.05, 3.63) is 0 Å². The molecule has 0 radical (unpaired) electrons. The SMILES string of the molecule is NC(=S)CS(=O)(=O)NC1CCOC1. The lowest BCUT2D eigenvalue weighted by molar-refractivity contribution is 0.192. The van der Waals surface area contributed by atoms with Crippen LogP contribution in [0, 0.1) is 0 Å². The van der Waals surface area contributed by atoms with Gasteiger partial charge in [-0.15, -0.1) is 0 Å². The van der Waals surface area contributed by atoms with E-state index in [9.17, 15) is 8.42 Å². The van der Waals surface area contributed by atoms with Gasteiger partial charge < -0.3 is 10.5 Å². The summed E-state index contributed by atoms with van der Waals surface area (Å²) >= 11 is 4.51. The summed E-state index contributed by atoms with van der Waals surface area (Å²) in [7, 11) is -3.36. The van der Waals surface area contributed by atoms with Crippen molar-refractivity contribution >= 4 is 27.2 Å². The Balaban J connectivity index is 2.46. The highest BCUT2D eigenvalue weighted by molar-refractivity contribution is 7.92. The van der Waals surface area contributed by atoms with E-state index in [1.54, 1.807) is 0 Å². The normalized spacial score (nSPS) is 23.2. The molecule has 0 spiro atoms. The Kier molecular flexibility index (Phi) is 3.60. The molecule has 1 fully saturated rings. The summed E-state index contributed by atoms with van der Waals surface area (Å²) in [5.74, 6) is -0.293. The largest absolute Gasteiger partial charge is 0.392 e. The first-order valence-corrected chi connectivity index (χ1v) is 5.92. The molecular formula is C6H12N2O3S2. The third-order valence-electron chi connectivity index (χ3n) is 1.61. The van der Waals surface area contributed by atoms with Gasteiger partial charge in [0.2, 0.25) is 10.0 Å². The maximum Gasteiger partial charge on any atom is 0.218 e. The summed E-state index contributed by atoms with van der Waals surface area (Å²) in [6, 6.07) is -0.126. The molecule has 5 nitrogen and oxygen atoms in total. The fraction of sp³-hybridized carbons (Fsp3) is 0.833. The Bertz CT molecular complexity index is 282. The van der Waals surface area contributed by atoms with E-state index in [1.807, 2.05) is 0 Å².